The van der Waals surface area contributed by atoms with E-state index in [-0.39, 0.29) is 5.91 Å². The van der Waals surface area contributed by atoms with Crippen LogP contribution < -0.4 is 5.32 Å². The van der Waals surface area contributed by atoms with E-state index in [1.807, 2.05) is 43.3 Å². The van der Waals surface area contributed by atoms with Gasteiger partial charge in [0.15, 0.2) is 0 Å². The summed E-state index contributed by atoms with van der Waals surface area (Å²) >= 11 is 0. The molecule has 2 aromatic rings. The van der Waals surface area contributed by atoms with Crippen molar-refractivity contribution in [2.75, 3.05) is 5.32 Å². The van der Waals surface area contributed by atoms with Gasteiger partial charge in [-0.05, 0) is 43.2 Å². The molecule has 0 radical (unpaired) electrons. The molecule has 1 unspecified atom stereocenters. The van der Waals surface area contributed by atoms with Crippen LogP contribution in [0.25, 0.3) is 0 Å². The summed E-state index contributed by atoms with van der Waals surface area (Å²) in [5.74, 6) is -0.138. The van der Waals surface area contributed by atoms with Crippen molar-refractivity contribution in [3.05, 3.63) is 65.2 Å². The molecule has 2 aromatic carbocycles. The first-order valence-corrected chi connectivity index (χ1v) is 6.23. The first-order chi connectivity index (χ1) is 9.08. The summed E-state index contributed by atoms with van der Waals surface area (Å²) in [5, 5.41) is 12.4. The van der Waals surface area contributed by atoms with Crippen LogP contribution >= 0.6 is 0 Å². The molecule has 0 spiro atoms. The van der Waals surface area contributed by atoms with E-state index in [1.54, 1.807) is 19.1 Å². The number of aliphatic hydroxyl groups excluding tert-OH is 1. The first-order valence-electron chi connectivity index (χ1n) is 6.23. The first kappa shape index (κ1) is 13.3. The predicted octanol–water partition coefficient (Wildman–Crippen LogP) is 3.30. The molecular weight excluding hydrogens is 238 g/mol. The highest BCUT2D eigenvalue weighted by atomic mass is 16.3. The standard InChI is InChI=1S/C16H17NO2/c1-11-6-3-4-9-15(11)16(19)17-14-8-5-7-13(10-14)12(2)18/h3-10,12,18H,1-2H3,(H,17,19). The zero-order valence-corrected chi connectivity index (χ0v) is 11.1. The highest BCUT2D eigenvalue weighted by Crippen LogP contribution is 2.18. The Morgan fingerprint density at radius 1 is 1.16 bits per heavy atom. The van der Waals surface area contributed by atoms with Gasteiger partial charge in [0.25, 0.3) is 5.91 Å². The minimum absolute atomic E-state index is 0.138. The van der Waals surface area contributed by atoms with E-state index >= 15 is 0 Å². The maximum atomic E-state index is 12.1. The summed E-state index contributed by atoms with van der Waals surface area (Å²) in [6.07, 6.45) is -0.546. The molecule has 0 fully saturated rings. The average molecular weight is 255 g/mol. The molecule has 98 valence electrons. The molecule has 0 aliphatic heterocycles. The monoisotopic (exact) mass is 255 g/mol. The number of aryl methyl sites for hydroxylation is 1. The van der Waals surface area contributed by atoms with Crippen LogP contribution in [0.4, 0.5) is 5.69 Å². The van der Waals surface area contributed by atoms with Crippen LogP contribution in [0, 0.1) is 6.92 Å². The molecule has 0 heterocycles. The summed E-state index contributed by atoms with van der Waals surface area (Å²) < 4.78 is 0. The van der Waals surface area contributed by atoms with Crippen molar-refractivity contribution in [2.24, 2.45) is 0 Å². The van der Waals surface area contributed by atoms with Crippen molar-refractivity contribution in [1.82, 2.24) is 0 Å². The van der Waals surface area contributed by atoms with Crippen molar-refractivity contribution in [2.45, 2.75) is 20.0 Å². The van der Waals surface area contributed by atoms with Gasteiger partial charge in [0, 0.05) is 11.3 Å². The zero-order chi connectivity index (χ0) is 13.8. The van der Waals surface area contributed by atoms with Crippen molar-refractivity contribution < 1.29 is 9.90 Å². The van der Waals surface area contributed by atoms with E-state index in [9.17, 15) is 9.90 Å². The third-order valence-corrected chi connectivity index (χ3v) is 3.02. The molecule has 3 nitrogen and oxygen atoms in total. The number of hydrogen-bond acceptors (Lipinski definition) is 2. The molecule has 19 heavy (non-hydrogen) atoms. The van der Waals surface area contributed by atoms with Crippen LogP contribution in [-0.2, 0) is 0 Å². The molecule has 1 amide bonds. The van der Waals surface area contributed by atoms with Crippen molar-refractivity contribution >= 4 is 11.6 Å². The summed E-state index contributed by atoms with van der Waals surface area (Å²) in [7, 11) is 0. The minimum atomic E-state index is -0.546. The lowest BCUT2D eigenvalue weighted by atomic mass is 10.1. The van der Waals surface area contributed by atoms with E-state index in [0.29, 0.717) is 11.3 Å². The Bertz CT molecular complexity index is 591. The third kappa shape index (κ3) is 3.20. The maximum Gasteiger partial charge on any atom is 0.255 e. The second kappa shape index (κ2) is 5.67. The number of amides is 1. The van der Waals surface area contributed by atoms with Gasteiger partial charge in [0.2, 0.25) is 0 Å². The van der Waals surface area contributed by atoms with E-state index in [1.165, 1.54) is 0 Å². The summed E-state index contributed by atoms with van der Waals surface area (Å²) in [5.41, 5.74) is 3.06. The van der Waals surface area contributed by atoms with Gasteiger partial charge >= 0.3 is 0 Å². The molecule has 0 aromatic heterocycles. The Morgan fingerprint density at radius 2 is 1.89 bits per heavy atom. The normalized spacial score (nSPS) is 11.9. The summed E-state index contributed by atoms with van der Waals surface area (Å²) in [4.78, 5) is 12.1. The quantitative estimate of drug-likeness (QED) is 0.884. The second-order valence-corrected chi connectivity index (χ2v) is 4.57. The average Bonchev–Trinajstić information content (AvgIpc) is 2.39. The van der Waals surface area contributed by atoms with Gasteiger partial charge < -0.3 is 10.4 Å². The topological polar surface area (TPSA) is 49.3 Å². The van der Waals surface area contributed by atoms with E-state index in [0.717, 1.165) is 11.1 Å². The molecule has 1 atom stereocenters. The fourth-order valence-electron chi connectivity index (χ4n) is 1.90. The summed E-state index contributed by atoms with van der Waals surface area (Å²) in [6, 6.07) is 14.7. The van der Waals surface area contributed by atoms with E-state index in [2.05, 4.69) is 5.32 Å². The number of anilines is 1. The lowest BCUT2D eigenvalue weighted by Crippen LogP contribution is -2.13. The number of nitrogens with one attached hydrogen (secondary N) is 1. The molecule has 0 bridgehead atoms. The number of hydrogen-bond donors (Lipinski definition) is 2. The maximum absolute atomic E-state index is 12.1. The molecule has 3 heteroatoms. The van der Waals surface area contributed by atoms with Gasteiger partial charge in [-0.1, -0.05) is 30.3 Å². The number of carbonyl (C=O) groups excluding carboxylic acids is 1. The van der Waals surface area contributed by atoms with Gasteiger partial charge in [-0.15, -0.1) is 0 Å². The van der Waals surface area contributed by atoms with E-state index in [4.69, 9.17) is 0 Å². The van der Waals surface area contributed by atoms with Crippen molar-refractivity contribution in [3.63, 3.8) is 0 Å². The molecule has 2 rings (SSSR count). The van der Waals surface area contributed by atoms with E-state index < -0.39 is 6.10 Å². The molecule has 0 saturated carbocycles. The van der Waals surface area contributed by atoms with Gasteiger partial charge in [-0.3, -0.25) is 4.79 Å². The number of aliphatic hydroxyl groups is 1. The zero-order valence-electron chi connectivity index (χ0n) is 11.1. The van der Waals surface area contributed by atoms with Crippen LogP contribution in [0.3, 0.4) is 0 Å². The molecule has 0 aliphatic carbocycles. The molecule has 2 N–H and O–H groups in total. The van der Waals surface area contributed by atoms with Crippen molar-refractivity contribution in [1.29, 1.82) is 0 Å². The highest BCUT2D eigenvalue weighted by molar-refractivity contribution is 6.05. The lowest BCUT2D eigenvalue weighted by Gasteiger charge is -2.10. The van der Waals surface area contributed by atoms with Crippen LogP contribution in [0.2, 0.25) is 0 Å². The smallest absolute Gasteiger partial charge is 0.255 e. The Hall–Kier alpha value is -2.13. The van der Waals surface area contributed by atoms with Gasteiger partial charge in [0.1, 0.15) is 0 Å². The Balaban J connectivity index is 2.20. The van der Waals surface area contributed by atoms with Gasteiger partial charge in [0.05, 0.1) is 6.10 Å². The fourth-order valence-corrected chi connectivity index (χ4v) is 1.90. The summed E-state index contributed by atoms with van der Waals surface area (Å²) in [6.45, 7) is 3.60. The van der Waals surface area contributed by atoms with Crippen LogP contribution in [0.15, 0.2) is 48.5 Å². The Kier molecular flexibility index (Phi) is 3.97. The van der Waals surface area contributed by atoms with Crippen LogP contribution in [0.1, 0.15) is 34.5 Å². The fraction of sp³-hybridized carbons (Fsp3) is 0.188. The number of carbonyl (C=O) groups is 1. The third-order valence-electron chi connectivity index (χ3n) is 3.02. The second-order valence-electron chi connectivity index (χ2n) is 4.57. The molecular formula is C16H17NO2. The molecule has 0 aliphatic rings. The largest absolute Gasteiger partial charge is 0.389 e. The van der Waals surface area contributed by atoms with Crippen molar-refractivity contribution in [3.8, 4) is 0 Å². The Labute approximate surface area is 112 Å². The van der Waals surface area contributed by atoms with Crippen LogP contribution in [0.5, 0.6) is 0 Å². The van der Waals surface area contributed by atoms with Crippen LogP contribution in [-0.4, -0.2) is 11.0 Å². The lowest BCUT2D eigenvalue weighted by molar-refractivity contribution is 0.102. The van der Waals surface area contributed by atoms with Gasteiger partial charge in [-0.2, -0.15) is 0 Å². The highest BCUT2D eigenvalue weighted by Gasteiger charge is 2.09. The SMILES string of the molecule is Cc1ccccc1C(=O)Nc1cccc(C(C)O)c1. The molecule has 0 saturated heterocycles. The van der Waals surface area contributed by atoms with Gasteiger partial charge in [-0.25, -0.2) is 0 Å². The minimum Gasteiger partial charge on any atom is -0.389 e. The number of rotatable bonds is 3. The number of benzene rings is 2. The predicted molar refractivity (Wildman–Crippen MR) is 76.2 cm³/mol. The Morgan fingerprint density at radius 3 is 2.58 bits per heavy atom.